The lowest BCUT2D eigenvalue weighted by Gasteiger charge is -2.07. The standard InChI is InChI=1S/C13H12FN3O3/c14-9-3-1-2-4-11(9)17-12(19)6-5-10(16-17)13(20)15-7-8-18/h1-6,18H,7-8H2,(H,15,20). The minimum atomic E-state index is -0.616. The minimum Gasteiger partial charge on any atom is -0.395 e. The van der Waals surface area contributed by atoms with Crippen LogP contribution in [-0.4, -0.2) is 33.9 Å². The number of halogens is 1. The largest absolute Gasteiger partial charge is 0.395 e. The molecule has 1 aromatic heterocycles. The van der Waals surface area contributed by atoms with E-state index < -0.39 is 17.3 Å². The first-order valence-electron chi connectivity index (χ1n) is 5.88. The molecule has 0 radical (unpaired) electrons. The fourth-order valence-electron chi connectivity index (χ4n) is 1.59. The summed E-state index contributed by atoms with van der Waals surface area (Å²) in [5.41, 5.74) is -0.621. The molecule has 20 heavy (non-hydrogen) atoms. The van der Waals surface area contributed by atoms with E-state index in [-0.39, 0.29) is 24.5 Å². The van der Waals surface area contributed by atoms with Gasteiger partial charge in [0.1, 0.15) is 17.2 Å². The highest BCUT2D eigenvalue weighted by molar-refractivity contribution is 5.92. The number of amides is 1. The number of carbonyl (C=O) groups excluding carboxylic acids is 1. The number of hydrogen-bond acceptors (Lipinski definition) is 4. The zero-order valence-electron chi connectivity index (χ0n) is 10.4. The summed E-state index contributed by atoms with van der Waals surface area (Å²) in [5, 5.41) is 14.9. The van der Waals surface area contributed by atoms with Gasteiger partial charge in [0, 0.05) is 12.6 Å². The summed E-state index contributed by atoms with van der Waals surface area (Å²) in [5.74, 6) is -1.17. The lowest BCUT2D eigenvalue weighted by molar-refractivity contribution is 0.0938. The first-order chi connectivity index (χ1) is 9.63. The predicted molar refractivity (Wildman–Crippen MR) is 69.2 cm³/mol. The Morgan fingerprint density at radius 3 is 2.75 bits per heavy atom. The van der Waals surface area contributed by atoms with Crippen LogP contribution in [0.25, 0.3) is 5.69 Å². The van der Waals surface area contributed by atoms with Crippen molar-refractivity contribution in [2.75, 3.05) is 13.2 Å². The molecular weight excluding hydrogens is 265 g/mol. The molecule has 0 aliphatic rings. The van der Waals surface area contributed by atoms with E-state index in [1.54, 1.807) is 6.07 Å². The second kappa shape index (κ2) is 6.07. The third kappa shape index (κ3) is 2.89. The monoisotopic (exact) mass is 277 g/mol. The van der Waals surface area contributed by atoms with E-state index in [0.717, 1.165) is 10.7 Å². The summed E-state index contributed by atoms with van der Waals surface area (Å²) in [7, 11) is 0. The van der Waals surface area contributed by atoms with Crippen LogP contribution in [0, 0.1) is 5.82 Å². The number of nitrogens with zero attached hydrogens (tertiary/aromatic N) is 2. The van der Waals surface area contributed by atoms with Gasteiger partial charge in [-0.05, 0) is 18.2 Å². The lowest BCUT2D eigenvalue weighted by atomic mass is 10.3. The SMILES string of the molecule is O=C(NCCO)c1ccc(=O)n(-c2ccccc2F)n1. The molecule has 0 saturated carbocycles. The number of carbonyl (C=O) groups is 1. The zero-order chi connectivity index (χ0) is 14.5. The van der Waals surface area contributed by atoms with E-state index in [0.29, 0.717) is 0 Å². The number of para-hydroxylation sites is 1. The topological polar surface area (TPSA) is 84.2 Å². The molecule has 0 aliphatic carbocycles. The Morgan fingerprint density at radius 1 is 1.30 bits per heavy atom. The normalized spacial score (nSPS) is 10.3. The van der Waals surface area contributed by atoms with Crippen molar-refractivity contribution < 1.29 is 14.3 Å². The lowest BCUT2D eigenvalue weighted by Crippen LogP contribution is -2.30. The van der Waals surface area contributed by atoms with Crippen molar-refractivity contribution in [3.63, 3.8) is 0 Å². The van der Waals surface area contributed by atoms with Crippen LogP contribution in [0.4, 0.5) is 4.39 Å². The van der Waals surface area contributed by atoms with Crippen LogP contribution in [0.1, 0.15) is 10.5 Å². The van der Waals surface area contributed by atoms with E-state index in [9.17, 15) is 14.0 Å². The maximum Gasteiger partial charge on any atom is 0.271 e. The Labute approximate surface area is 113 Å². The molecule has 1 aromatic carbocycles. The Morgan fingerprint density at radius 2 is 2.05 bits per heavy atom. The van der Waals surface area contributed by atoms with Gasteiger partial charge >= 0.3 is 0 Å². The van der Waals surface area contributed by atoms with Gasteiger partial charge < -0.3 is 10.4 Å². The Hall–Kier alpha value is -2.54. The zero-order valence-corrected chi connectivity index (χ0v) is 10.4. The van der Waals surface area contributed by atoms with Crippen LogP contribution in [0.5, 0.6) is 0 Å². The predicted octanol–water partition coefficient (Wildman–Crippen LogP) is 0.0937. The highest BCUT2D eigenvalue weighted by Crippen LogP contribution is 2.09. The number of aliphatic hydroxyl groups excluding tert-OH is 1. The number of nitrogens with one attached hydrogen (secondary N) is 1. The molecular formula is C13H12FN3O3. The summed E-state index contributed by atoms with van der Waals surface area (Å²) in [6, 6.07) is 8.01. The fraction of sp³-hybridized carbons (Fsp3) is 0.154. The first kappa shape index (κ1) is 13.9. The summed E-state index contributed by atoms with van der Waals surface area (Å²) in [6.07, 6.45) is 0. The maximum absolute atomic E-state index is 13.7. The van der Waals surface area contributed by atoms with Gasteiger partial charge in [0.05, 0.1) is 6.61 Å². The van der Waals surface area contributed by atoms with Gasteiger partial charge in [-0.3, -0.25) is 9.59 Å². The first-order valence-corrected chi connectivity index (χ1v) is 5.88. The minimum absolute atomic E-state index is 0.0330. The number of hydrogen-bond donors (Lipinski definition) is 2. The molecule has 0 saturated heterocycles. The van der Waals surface area contributed by atoms with E-state index in [2.05, 4.69) is 10.4 Å². The summed E-state index contributed by atoms with van der Waals surface area (Å²) >= 11 is 0. The molecule has 2 aromatic rings. The summed E-state index contributed by atoms with van der Waals surface area (Å²) in [4.78, 5) is 23.4. The van der Waals surface area contributed by atoms with Gasteiger partial charge in [0.2, 0.25) is 0 Å². The number of rotatable bonds is 4. The molecule has 104 valence electrons. The van der Waals surface area contributed by atoms with Crippen molar-refractivity contribution in [1.82, 2.24) is 15.1 Å². The molecule has 6 nitrogen and oxygen atoms in total. The van der Waals surface area contributed by atoms with E-state index in [4.69, 9.17) is 5.11 Å². The number of benzene rings is 1. The Bertz CT molecular complexity index is 685. The molecule has 2 N–H and O–H groups in total. The average molecular weight is 277 g/mol. The van der Waals surface area contributed by atoms with E-state index in [1.165, 1.54) is 24.3 Å². The second-order valence-electron chi connectivity index (χ2n) is 3.90. The van der Waals surface area contributed by atoms with E-state index in [1.807, 2.05) is 0 Å². The molecule has 0 spiro atoms. The summed E-state index contributed by atoms with van der Waals surface area (Å²) < 4.78 is 14.5. The Kier molecular flexibility index (Phi) is 4.21. The molecule has 7 heteroatoms. The number of aliphatic hydroxyl groups is 1. The molecule has 1 heterocycles. The van der Waals surface area contributed by atoms with E-state index >= 15 is 0 Å². The van der Waals surface area contributed by atoms with Gasteiger partial charge in [-0.1, -0.05) is 12.1 Å². The molecule has 0 bridgehead atoms. The van der Waals surface area contributed by atoms with Crippen molar-refractivity contribution in [2.24, 2.45) is 0 Å². The van der Waals surface area contributed by atoms with Crippen LogP contribution in [-0.2, 0) is 0 Å². The molecule has 0 unspecified atom stereocenters. The van der Waals surface area contributed by atoms with Crippen LogP contribution < -0.4 is 10.9 Å². The van der Waals surface area contributed by atoms with Crippen LogP contribution in [0.15, 0.2) is 41.2 Å². The van der Waals surface area contributed by atoms with Gasteiger partial charge in [-0.15, -0.1) is 0 Å². The highest BCUT2D eigenvalue weighted by Gasteiger charge is 2.12. The molecule has 0 fully saturated rings. The smallest absolute Gasteiger partial charge is 0.271 e. The average Bonchev–Trinajstić information content (AvgIpc) is 2.46. The van der Waals surface area contributed by atoms with Crippen LogP contribution >= 0.6 is 0 Å². The molecule has 1 amide bonds. The van der Waals surface area contributed by atoms with Crippen molar-refractivity contribution in [3.05, 3.63) is 58.3 Å². The van der Waals surface area contributed by atoms with Gasteiger partial charge in [-0.2, -0.15) is 9.78 Å². The van der Waals surface area contributed by atoms with Gasteiger partial charge in [0.25, 0.3) is 11.5 Å². The van der Waals surface area contributed by atoms with Crippen LogP contribution in [0.3, 0.4) is 0 Å². The Balaban J connectivity index is 2.42. The van der Waals surface area contributed by atoms with Gasteiger partial charge in [-0.25, -0.2) is 4.39 Å². The molecule has 2 rings (SSSR count). The fourth-order valence-corrected chi connectivity index (χ4v) is 1.59. The second-order valence-corrected chi connectivity index (χ2v) is 3.90. The molecule has 0 atom stereocenters. The van der Waals surface area contributed by atoms with Crippen molar-refractivity contribution in [2.45, 2.75) is 0 Å². The number of aromatic nitrogens is 2. The van der Waals surface area contributed by atoms with Crippen molar-refractivity contribution >= 4 is 5.91 Å². The third-order valence-corrected chi connectivity index (χ3v) is 2.51. The van der Waals surface area contributed by atoms with Crippen molar-refractivity contribution in [1.29, 1.82) is 0 Å². The van der Waals surface area contributed by atoms with Crippen LogP contribution in [0.2, 0.25) is 0 Å². The quantitative estimate of drug-likeness (QED) is 0.829. The maximum atomic E-state index is 13.7. The highest BCUT2D eigenvalue weighted by atomic mass is 19.1. The summed E-state index contributed by atoms with van der Waals surface area (Å²) in [6.45, 7) is -0.141. The van der Waals surface area contributed by atoms with Crippen molar-refractivity contribution in [3.8, 4) is 5.69 Å². The molecule has 0 aliphatic heterocycles. The van der Waals surface area contributed by atoms with Gasteiger partial charge in [0.15, 0.2) is 0 Å². The third-order valence-electron chi connectivity index (χ3n) is 2.51.